The van der Waals surface area contributed by atoms with Gasteiger partial charge in [0.25, 0.3) is 0 Å². The summed E-state index contributed by atoms with van der Waals surface area (Å²) in [4.78, 5) is 12.9. The highest BCUT2D eigenvalue weighted by molar-refractivity contribution is 5.62. The van der Waals surface area contributed by atoms with Crippen LogP contribution in [0, 0.1) is 23.0 Å². The van der Waals surface area contributed by atoms with Crippen molar-refractivity contribution >= 4 is 11.5 Å². The van der Waals surface area contributed by atoms with E-state index in [1.54, 1.807) is 18.7 Å². The van der Waals surface area contributed by atoms with Crippen LogP contribution >= 0.6 is 0 Å². The highest BCUT2D eigenvalue weighted by Gasteiger charge is 2.36. The minimum atomic E-state index is -0.347. The zero-order valence-corrected chi connectivity index (χ0v) is 11.0. The van der Waals surface area contributed by atoms with Crippen LogP contribution in [-0.2, 0) is 7.05 Å². The summed E-state index contributed by atoms with van der Waals surface area (Å²) in [6.45, 7) is 5.12. The van der Waals surface area contributed by atoms with Crippen molar-refractivity contribution in [3.05, 3.63) is 15.8 Å². The lowest BCUT2D eigenvalue weighted by molar-refractivity contribution is -0.384. The summed E-state index contributed by atoms with van der Waals surface area (Å²) in [6, 6.07) is 0.257. The van der Waals surface area contributed by atoms with E-state index in [-0.39, 0.29) is 16.7 Å². The molecule has 0 aromatic carbocycles. The summed E-state index contributed by atoms with van der Waals surface area (Å²) < 4.78 is 1.60. The molecule has 7 heteroatoms. The quantitative estimate of drug-likeness (QED) is 0.636. The molecule has 1 fully saturated rings. The van der Waals surface area contributed by atoms with E-state index >= 15 is 0 Å². The fraction of sp³-hybridized carbons (Fsp3) is 0.727. The number of nitrogens with zero attached hydrogens (tertiary/aromatic N) is 4. The van der Waals surface area contributed by atoms with Crippen LogP contribution < -0.4 is 10.6 Å². The number of nitrogens with two attached hydrogens (primary N) is 1. The maximum atomic E-state index is 11.2. The Labute approximate surface area is 106 Å². The summed E-state index contributed by atoms with van der Waals surface area (Å²) in [6.07, 6.45) is 0.970. The van der Waals surface area contributed by atoms with Gasteiger partial charge in [0.1, 0.15) is 5.69 Å². The molecule has 0 amide bonds. The fourth-order valence-corrected chi connectivity index (χ4v) is 2.78. The number of rotatable bonds is 3. The zero-order chi connectivity index (χ0) is 13.4. The number of aromatic nitrogens is 2. The third-order valence-electron chi connectivity index (χ3n) is 3.61. The summed E-state index contributed by atoms with van der Waals surface area (Å²) in [7, 11) is 1.75. The molecule has 1 aromatic rings. The number of anilines is 1. The van der Waals surface area contributed by atoms with Gasteiger partial charge in [-0.1, -0.05) is 0 Å². The van der Waals surface area contributed by atoms with Crippen LogP contribution in [0.4, 0.5) is 11.5 Å². The van der Waals surface area contributed by atoms with E-state index < -0.39 is 0 Å². The highest BCUT2D eigenvalue weighted by Crippen LogP contribution is 2.36. The molecule has 2 rings (SSSR count). The van der Waals surface area contributed by atoms with Gasteiger partial charge >= 0.3 is 5.69 Å². The monoisotopic (exact) mass is 253 g/mol. The Balaban J connectivity index is 2.42. The molecular formula is C11H19N5O2. The average molecular weight is 253 g/mol. The first-order chi connectivity index (χ1) is 8.45. The Bertz CT molecular complexity index is 470. The van der Waals surface area contributed by atoms with E-state index in [4.69, 9.17) is 5.73 Å². The van der Waals surface area contributed by atoms with Crippen LogP contribution in [0.2, 0.25) is 0 Å². The molecule has 0 aliphatic carbocycles. The van der Waals surface area contributed by atoms with Gasteiger partial charge in [-0.2, -0.15) is 5.10 Å². The molecule has 0 radical (unpaired) electrons. The van der Waals surface area contributed by atoms with Crippen molar-refractivity contribution in [2.45, 2.75) is 26.3 Å². The van der Waals surface area contributed by atoms with E-state index in [1.165, 1.54) is 0 Å². The zero-order valence-electron chi connectivity index (χ0n) is 11.0. The van der Waals surface area contributed by atoms with Gasteiger partial charge in [-0.05, 0) is 32.7 Å². The molecule has 2 unspecified atom stereocenters. The maximum absolute atomic E-state index is 11.2. The van der Waals surface area contributed by atoms with Crippen molar-refractivity contribution < 1.29 is 4.92 Å². The molecule has 1 aliphatic heterocycles. The largest absolute Gasteiger partial charge is 0.348 e. The molecule has 0 bridgehead atoms. The van der Waals surface area contributed by atoms with Crippen LogP contribution in [-0.4, -0.2) is 33.8 Å². The molecule has 2 atom stereocenters. The van der Waals surface area contributed by atoms with Crippen molar-refractivity contribution in [2.24, 2.45) is 18.7 Å². The predicted molar refractivity (Wildman–Crippen MR) is 68.6 cm³/mol. The van der Waals surface area contributed by atoms with E-state index in [2.05, 4.69) is 16.9 Å². The van der Waals surface area contributed by atoms with E-state index in [1.807, 2.05) is 0 Å². The predicted octanol–water partition coefficient (Wildman–Crippen LogP) is 0.810. The Kier molecular flexibility index (Phi) is 3.25. The Hall–Kier alpha value is -1.63. The summed E-state index contributed by atoms with van der Waals surface area (Å²) in [5.74, 6) is 0.996. The molecule has 0 spiro atoms. The standard InChI is InChI=1S/C11H19N5O2/c1-7-4-9(5-12)6-15(7)11-10(16(17)18)8(2)13-14(11)3/h7,9H,4-6,12H2,1-3H3. The first kappa shape index (κ1) is 12.8. The SMILES string of the molecule is Cc1nn(C)c(N2CC(CN)CC2C)c1[N+](=O)[O-]. The molecular weight excluding hydrogens is 234 g/mol. The lowest BCUT2D eigenvalue weighted by Gasteiger charge is -2.22. The second-order valence-corrected chi connectivity index (χ2v) is 4.98. The summed E-state index contributed by atoms with van der Waals surface area (Å²) >= 11 is 0. The minimum Gasteiger partial charge on any atom is -0.348 e. The molecule has 1 aromatic heterocycles. The topological polar surface area (TPSA) is 90.2 Å². The van der Waals surface area contributed by atoms with Crippen molar-refractivity contribution in [2.75, 3.05) is 18.0 Å². The van der Waals surface area contributed by atoms with Crippen molar-refractivity contribution in [1.29, 1.82) is 0 Å². The van der Waals surface area contributed by atoms with Crippen LogP contribution in [0.15, 0.2) is 0 Å². The van der Waals surface area contributed by atoms with Crippen molar-refractivity contribution in [3.8, 4) is 0 Å². The van der Waals surface area contributed by atoms with E-state index in [9.17, 15) is 10.1 Å². The summed E-state index contributed by atoms with van der Waals surface area (Å²) in [5, 5.41) is 15.3. The van der Waals surface area contributed by atoms with Gasteiger partial charge in [0.15, 0.2) is 0 Å². The van der Waals surface area contributed by atoms with E-state index in [0.717, 1.165) is 13.0 Å². The van der Waals surface area contributed by atoms with Gasteiger partial charge in [0.2, 0.25) is 5.82 Å². The number of hydrogen-bond acceptors (Lipinski definition) is 5. The second-order valence-electron chi connectivity index (χ2n) is 4.98. The molecule has 2 N–H and O–H groups in total. The molecule has 1 aliphatic rings. The van der Waals surface area contributed by atoms with Gasteiger partial charge in [-0.25, -0.2) is 4.68 Å². The van der Waals surface area contributed by atoms with Crippen LogP contribution in [0.1, 0.15) is 19.0 Å². The summed E-state index contributed by atoms with van der Waals surface area (Å²) in [5.41, 5.74) is 6.27. The van der Waals surface area contributed by atoms with Gasteiger partial charge in [0.05, 0.1) is 4.92 Å². The Morgan fingerprint density at radius 2 is 2.28 bits per heavy atom. The smallest absolute Gasteiger partial charge is 0.333 e. The van der Waals surface area contributed by atoms with Gasteiger partial charge in [-0.3, -0.25) is 10.1 Å². The third kappa shape index (κ3) is 1.94. The van der Waals surface area contributed by atoms with Crippen LogP contribution in [0.5, 0.6) is 0 Å². The lowest BCUT2D eigenvalue weighted by atomic mass is 10.1. The normalized spacial score (nSPS) is 23.7. The number of aryl methyl sites for hydroxylation is 2. The van der Waals surface area contributed by atoms with Crippen molar-refractivity contribution in [1.82, 2.24) is 9.78 Å². The third-order valence-corrected chi connectivity index (χ3v) is 3.61. The Morgan fingerprint density at radius 3 is 2.78 bits per heavy atom. The fourth-order valence-electron chi connectivity index (χ4n) is 2.78. The molecule has 7 nitrogen and oxygen atoms in total. The molecule has 100 valence electrons. The number of hydrogen-bond donors (Lipinski definition) is 1. The van der Waals surface area contributed by atoms with E-state index in [0.29, 0.717) is 24.0 Å². The lowest BCUT2D eigenvalue weighted by Crippen LogP contribution is -2.30. The second kappa shape index (κ2) is 4.56. The molecule has 0 saturated carbocycles. The van der Waals surface area contributed by atoms with Crippen LogP contribution in [0.25, 0.3) is 0 Å². The first-order valence-corrected chi connectivity index (χ1v) is 6.10. The number of nitro groups is 1. The maximum Gasteiger partial charge on any atom is 0.333 e. The average Bonchev–Trinajstić information content (AvgIpc) is 2.78. The molecule has 1 saturated heterocycles. The Morgan fingerprint density at radius 1 is 1.61 bits per heavy atom. The van der Waals surface area contributed by atoms with Gasteiger partial charge < -0.3 is 10.6 Å². The van der Waals surface area contributed by atoms with Crippen LogP contribution in [0.3, 0.4) is 0 Å². The highest BCUT2D eigenvalue weighted by atomic mass is 16.6. The first-order valence-electron chi connectivity index (χ1n) is 6.10. The molecule has 18 heavy (non-hydrogen) atoms. The van der Waals surface area contributed by atoms with Crippen molar-refractivity contribution in [3.63, 3.8) is 0 Å². The molecule has 2 heterocycles. The van der Waals surface area contributed by atoms with Gasteiger partial charge in [-0.15, -0.1) is 0 Å². The van der Waals surface area contributed by atoms with Gasteiger partial charge in [0, 0.05) is 19.6 Å². The minimum absolute atomic E-state index is 0.113.